The summed E-state index contributed by atoms with van der Waals surface area (Å²) >= 11 is 4.81. The fourth-order valence-corrected chi connectivity index (χ4v) is 2.75. The van der Waals surface area contributed by atoms with Gasteiger partial charge in [-0.15, -0.1) is 11.3 Å². The fourth-order valence-electron chi connectivity index (χ4n) is 1.42. The third kappa shape index (κ3) is 2.97. The molecular formula is C13H13BrN2OS. The van der Waals surface area contributed by atoms with Crippen molar-refractivity contribution in [2.24, 2.45) is 0 Å². The van der Waals surface area contributed by atoms with Crippen molar-refractivity contribution in [2.45, 2.75) is 19.8 Å². The van der Waals surface area contributed by atoms with Crippen molar-refractivity contribution < 1.29 is 4.79 Å². The molecular weight excluding hydrogens is 312 g/mol. The Morgan fingerprint density at radius 2 is 2.11 bits per heavy atom. The number of aromatic nitrogens is 1. The number of carbonyl (C=O) groups excluding carboxylic acids is 1. The summed E-state index contributed by atoms with van der Waals surface area (Å²) in [4.78, 5) is 16.4. The van der Waals surface area contributed by atoms with Gasteiger partial charge in [0.1, 0.15) is 0 Å². The number of amides is 1. The number of hydrogen-bond donors (Lipinski definition) is 1. The van der Waals surface area contributed by atoms with Crippen molar-refractivity contribution in [3.8, 4) is 0 Å². The van der Waals surface area contributed by atoms with Crippen molar-refractivity contribution in [2.75, 3.05) is 5.32 Å². The Morgan fingerprint density at radius 3 is 2.72 bits per heavy atom. The second-order valence-corrected chi connectivity index (χ2v) is 5.88. The quantitative estimate of drug-likeness (QED) is 0.915. The van der Waals surface area contributed by atoms with Crippen molar-refractivity contribution in [1.82, 2.24) is 4.98 Å². The van der Waals surface area contributed by atoms with Crippen LogP contribution in [0.15, 0.2) is 34.1 Å². The normalized spacial score (nSPS) is 10.7. The summed E-state index contributed by atoms with van der Waals surface area (Å²) in [6, 6.07) is 7.33. The molecule has 1 N–H and O–H groups in total. The molecule has 1 amide bonds. The molecule has 0 atom stereocenters. The number of halogens is 1. The largest absolute Gasteiger partial charge is 0.298 e. The van der Waals surface area contributed by atoms with Crippen LogP contribution in [0.4, 0.5) is 5.13 Å². The van der Waals surface area contributed by atoms with Crippen LogP contribution in [-0.4, -0.2) is 10.9 Å². The predicted octanol–water partition coefficient (Wildman–Crippen LogP) is 4.28. The Kier molecular flexibility index (Phi) is 4.14. The Bertz CT molecular complexity index is 566. The van der Waals surface area contributed by atoms with Crippen LogP contribution >= 0.6 is 27.3 Å². The lowest BCUT2D eigenvalue weighted by molar-refractivity contribution is 0.102. The minimum atomic E-state index is -0.146. The van der Waals surface area contributed by atoms with Crippen molar-refractivity contribution in [1.29, 1.82) is 0 Å². The molecule has 0 bridgehead atoms. The maximum absolute atomic E-state index is 12.0. The molecule has 0 radical (unpaired) electrons. The molecule has 0 unspecified atom stereocenters. The molecule has 0 spiro atoms. The van der Waals surface area contributed by atoms with Crippen LogP contribution < -0.4 is 5.32 Å². The Labute approximate surface area is 118 Å². The zero-order valence-corrected chi connectivity index (χ0v) is 12.5. The summed E-state index contributed by atoms with van der Waals surface area (Å²) in [6.45, 7) is 4.16. The molecule has 94 valence electrons. The van der Waals surface area contributed by atoms with Gasteiger partial charge in [0.15, 0.2) is 5.13 Å². The van der Waals surface area contributed by atoms with E-state index < -0.39 is 0 Å². The Morgan fingerprint density at radius 1 is 1.39 bits per heavy atom. The average Bonchev–Trinajstić information content (AvgIpc) is 2.78. The topological polar surface area (TPSA) is 42.0 Å². The zero-order chi connectivity index (χ0) is 13.1. The summed E-state index contributed by atoms with van der Waals surface area (Å²) in [5, 5.41) is 5.42. The van der Waals surface area contributed by atoms with Gasteiger partial charge in [-0.1, -0.05) is 26.0 Å². The number of anilines is 1. The van der Waals surface area contributed by atoms with Crippen LogP contribution in [0.3, 0.4) is 0 Å². The maximum Gasteiger partial charge on any atom is 0.258 e. The first kappa shape index (κ1) is 13.2. The zero-order valence-electron chi connectivity index (χ0n) is 10.1. The van der Waals surface area contributed by atoms with Gasteiger partial charge in [-0.2, -0.15) is 0 Å². The number of carbonyl (C=O) groups is 1. The van der Waals surface area contributed by atoms with E-state index in [2.05, 4.69) is 40.1 Å². The third-order valence-electron chi connectivity index (χ3n) is 2.45. The highest BCUT2D eigenvalue weighted by molar-refractivity contribution is 9.10. The first-order valence-electron chi connectivity index (χ1n) is 5.59. The standard InChI is InChI=1S/C13H13BrN2OS/c1-8(2)11-7-18-13(15-11)16-12(17)9-5-3-4-6-10(9)14/h3-8H,1-2H3,(H,15,16,17). The van der Waals surface area contributed by atoms with Gasteiger partial charge in [-0.05, 0) is 34.0 Å². The van der Waals surface area contributed by atoms with Crippen LogP contribution in [0.25, 0.3) is 0 Å². The summed E-state index contributed by atoms with van der Waals surface area (Å²) in [7, 11) is 0. The highest BCUT2D eigenvalue weighted by atomic mass is 79.9. The molecule has 1 aromatic heterocycles. The van der Waals surface area contributed by atoms with Gasteiger partial charge in [0.25, 0.3) is 5.91 Å². The fraction of sp³-hybridized carbons (Fsp3) is 0.231. The molecule has 0 saturated carbocycles. The molecule has 0 aliphatic heterocycles. The van der Waals surface area contributed by atoms with E-state index in [9.17, 15) is 4.79 Å². The second kappa shape index (κ2) is 5.63. The third-order valence-corrected chi connectivity index (χ3v) is 3.92. The van der Waals surface area contributed by atoms with E-state index in [4.69, 9.17) is 0 Å². The van der Waals surface area contributed by atoms with E-state index in [0.717, 1.165) is 10.2 Å². The first-order valence-corrected chi connectivity index (χ1v) is 7.26. The molecule has 5 heteroatoms. The number of thiazole rings is 1. The van der Waals surface area contributed by atoms with Crippen LogP contribution in [0.2, 0.25) is 0 Å². The van der Waals surface area contributed by atoms with Crippen molar-refractivity contribution in [3.63, 3.8) is 0 Å². The van der Waals surface area contributed by atoms with E-state index in [1.165, 1.54) is 11.3 Å². The average molecular weight is 325 g/mol. The first-order chi connectivity index (χ1) is 8.58. The van der Waals surface area contributed by atoms with E-state index in [1.807, 2.05) is 23.6 Å². The maximum atomic E-state index is 12.0. The van der Waals surface area contributed by atoms with Gasteiger partial charge in [0.2, 0.25) is 0 Å². The lowest BCUT2D eigenvalue weighted by Gasteiger charge is -2.03. The molecule has 2 rings (SSSR count). The van der Waals surface area contributed by atoms with Crippen LogP contribution in [0, 0.1) is 0 Å². The van der Waals surface area contributed by atoms with Gasteiger partial charge in [0.05, 0.1) is 11.3 Å². The lowest BCUT2D eigenvalue weighted by Crippen LogP contribution is -2.12. The van der Waals surface area contributed by atoms with Gasteiger partial charge in [-0.25, -0.2) is 4.98 Å². The molecule has 18 heavy (non-hydrogen) atoms. The smallest absolute Gasteiger partial charge is 0.258 e. The van der Waals surface area contributed by atoms with E-state index in [0.29, 0.717) is 16.6 Å². The van der Waals surface area contributed by atoms with Crippen LogP contribution in [0.5, 0.6) is 0 Å². The van der Waals surface area contributed by atoms with Crippen LogP contribution in [0.1, 0.15) is 35.8 Å². The van der Waals surface area contributed by atoms with E-state index in [1.54, 1.807) is 6.07 Å². The highest BCUT2D eigenvalue weighted by Crippen LogP contribution is 2.23. The minimum Gasteiger partial charge on any atom is -0.298 e. The molecule has 1 heterocycles. The van der Waals surface area contributed by atoms with Crippen molar-refractivity contribution in [3.05, 3.63) is 45.4 Å². The number of rotatable bonds is 3. The molecule has 3 nitrogen and oxygen atoms in total. The Balaban J connectivity index is 2.14. The number of benzene rings is 1. The van der Waals surface area contributed by atoms with Gasteiger partial charge >= 0.3 is 0 Å². The summed E-state index contributed by atoms with van der Waals surface area (Å²) in [6.07, 6.45) is 0. The highest BCUT2D eigenvalue weighted by Gasteiger charge is 2.12. The molecule has 0 saturated heterocycles. The molecule has 1 aromatic carbocycles. The Hall–Kier alpha value is -1.20. The SMILES string of the molecule is CC(C)c1csc(NC(=O)c2ccccc2Br)n1. The summed E-state index contributed by atoms with van der Waals surface area (Å²) in [5.41, 5.74) is 1.61. The van der Waals surface area contributed by atoms with Gasteiger partial charge in [0, 0.05) is 9.85 Å². The van der Waals surface area contributed by atoms with Gasteiger partial charge in [-0.3, -0.25) is 10.1 Å². The summed E-state index contributed by atoms with van der Waals surface area (Å²) in [5.74, 6) is 0.225. The number of nitrogens with one attached hydrogen (secondary N) is 1. The summed E-state index contributed by atoms with van der Waals surface area (Å²) < 4.78 is 0.781. The minimum absolute atomic E-state index is 0.146. The lowest BCUT2D eigenvalue weighted by atomic mass is 10.2. The monoisotopic (exact) mass is 324 g/mol. The van der Waals surface area contributed by atoms with Crippen molar-refractivity contribution >= 4 is 38.3 Å². The predicted molar refractivity (Wildman–Crippen MR) is 78.3 cm³/mol. The van der Waals surface area contributed by atoms with Gasteiger partial charge < -0.3 is 0 Å². The van der Waals surface area contributed by atoms with E-state index in [-0.39, 0.29) is 5.91 Å². The number of nitrogens with zero attached hydrogens (tertiary/aromatic N) is 1. The van der Waals surface area contributed by atoms with E-state index >= 15 is 0 Å². The number of hydrogen-bond acceptors (Lipinski definition) is 3. The molecule has 0 aliphatic carbocycles. The second-order valence-electron chi connectivity index (χ2n) is 4.17. The molecule has 2 aromatic rings. The molecule has 0 fully saturated rings. The molecule has 0 aliphatic rings. The van der Waals surface area contributed by atoms with Crippen LogP contribution in [-0.2, 0) is 0 Å².